The van der Waals surface area contributed by atoms with Crippen molar-refractivity contribution in [2.75, 3.05) is 0 Å². The van der Waals surface area contributed by atoms with Gasteiger partial charge in [0, 0.05) is 11.1 Å². The molecular weight excluding hydrogens is 434 g/mol. The first-order valence-electron chi connectivity index (χ1n) is 10.1. The number of nitro groups is 1. The molecule has 3 amide bonds. The average molecular weight is 454 g/mol. The van der Waals surface area contributed by atoms with Gasteiger partial charge in [-0.05, 0) is 30.0 Å². The Balaban J connectivity index is 1.80. The van der Waals surface area contributed by atoms with Gasteiger partial charge in [0.05, 0.1) is 23.3 Å². The van der Waals surface area contributed by atoms with Gasteiger partial charge in [-0.1, -0.05) is 61.0 Å². The number of hydrogen-bond donors (Lipinski definition) is 0. The highest BCUT2D eigenvalue weighted by Crippen LogP contribution is 2.40. The lowest BCUT2D eigenvalue weighted by Gasteiger charge is -2.31. The van der Waals surface area contributed by atoms with Crippen LogP contribution < -0.4 is 0 Å². The van der Waals surface area contributed by atoms with Gasteiger partial charge in [-0.2, -0.15) is 5.01 Å². The van der Waals surface area contributed by atoms with Crippen LogP contribution in [0.3, 0.4) is 0 Å². The van der Waals surface area contributed by atoms with E-state index >= 15 is 0 Å². The zero-order chi connectivity index (χ0) is 23.0. The van der Waals surface area contributed by atoms with Crippen LogP contribution in [0.25, 0.3) is 0 Å². The van der Waals surface area contributed by atoms with Crippen molar-refractivity contribution in [2.45, 2.75) is 19.9 Å². The van der Waals surface area contributed by atoms with Crippen molar-refractivity contribution in [3.05, 3.63) is 86.9 Å². The van der Waals surface area contributed by atoms with Gasteiger partial charge in [0.1, 0.15) is 5.56 Å². The fourth-order valence-electron chi connectivity index (χ4n) is 4.34. The normalized spacial score (nSPS) is 22.1. The van der Waals surface area contributed by atoms with E-state index in [0.717, 1.165) is 10.0 Å². The summed E-state index contributed by atoms with van der Waals surface area (Å²) in [6, 6.07) is 12.2. The van der Waals surface area contributed by atoms with E-state index in [1.807, 2.05) is 19.1 Å². The predicted octanol–water partition coefficient (Wildman–Crippen LogP) is 4.00. The second-order valence-corrected chi connectivity index (χ2v) is 8.28. The average Bonchev–Trinajstić information content (AvgIpc) is 3.04. The molecule has 1 heterocycles. The van der Waals surface area contributed by atoms with Crippen LogP contribution in [0, 0.1) is 27.9 Å². The van der Waals surface area contributed by atoms with Crippen molar-refractivity contribution in [1.29, 1.82) is 0 Å². The molecule has 32 heavy (non-hydrogen) atoms. The summed E-state index contributed by atoms with van der Waals surface area (Å²) in [6.07, 6.45) is 4.15. The van der Waals surface area contributed by atoms with Crippen LogP contribution in [0.1, 0.15) is 29.3 Å². The molecule has 3 atom stereocenters. The maximum Gasteiger partial charge on any atom is 0.282 e. The standard InChI is InChI=1S/C23H20ClN3O5/c1-14-7-6-10-17-20(14)23(30)26(22(17)29)25(13-15-8-2-4-11-18(15)24)21(28)16-9-3-5-12-19(16)27(31)32/h2-9,11-12,14,17,20H,10,13H2,1H3/t14-,17+,20+/m1/s1. The summed E-state index contributed by atoms with van der Waals surface area (Å²) in [7, 11) is 0. The SMILES string of the molecule is C[C@@H]1C=CC[C@@H]2C(=O)N(N(Cc3ccccc3Cl)C(=O)c3ccccc3[N+](=O)[O-])C(=O)[C@@H]12. The second kappa shape index (κ2) is 8.55. The number of nitro benzene ring substituents is 1. The Morgan fingerprint density at radius 3 is 2.53 bits per heavy atom. The minimum Gasteiger partial charge on any atom is -0.272 e. The van der Waals surface area contributed by atoms with Crippen LogP contribution in [-0.2, 0) is 16.1 Å². The van der Waals surface area contributed by atoms with Crippen LogP contribution in [0.15, 0.2) is 60.7 Å². The van der Waals surface area contributed by atoms with Crippen molar-refractivity contribution in [3.8, 4) is 0 Å². The molecule has 0 spiro atoms. The summed E-state index contributed by atoms with van der Waals surface area (Å²) in [5.74, 6) is -3.13. The van der Waals surface area contributed by atoms with Crippen molar-refractivity contribution in [1.82, 2.24) is 10.0 Å². The number of carbonyl (C=O) groups is 3. The molecule has 8 nitrogen and oxygen atoms in total. The third-order valence-corrected chi connectivity index (χ3v) is 6.30. The fourth-order valence-corrected chi connectivity index (χ4v) is 4.54. The zero-order valence-corrected chi connectivity index (χ0v) is 17.9. The fraction of sp³-hybridized carbons (Fsp3) is 0.261. The molecule has 9 heteroatoms. The van der Waals surface area contributed by atoms with Crippen molar-refractivity contribution in [2.24, 2.45) is 17.8 Å². The number of halogens is 1. The Kier molecular flexibility index (Phi) is 5.80. The van der Waals surface area contributed by atoms with Gasteiger partial charge in [-0.25, -0.2) is 5.01 Å². The Morgan fingerprint density at radius 2 is 1.84 bits per heavy atom. The summed E-state index contributed by atoms with van der Waals surface area (Å²) in [6.45, 7) is 1.66. The summed E-state index contributed by atoms with van der Waals surface area (Å²) >= 11 is 6.28. The highest BCUT2D eigenvalue weighted by Gasteiger charge is 2.53. The van der Waals surface area contributed by atoms with Gasteiger partial charge in [-0.15, -0.1) is 0 Å². The quantitative estimate of drug-likeness (QED) is 0.295. The number of allylic oxidation sites excluding steroid dienone is 2. The number of benzene rings is 2. The molecule has 1 fully saturated rings. The van der Waals surface area contributed by atoms with E-state index in [1.165, 1.54) is 24.3 Å². The van der Waals surface area contributed by atoms with Gasteiger partial charge in [-0.3, -0.25) is 24.5 Å². The van der Waals surface area contributed by atoms with Crippen molar-refractivity contribution in [3.63, 3.8) is 0 Å². The molecule has 164 valence electrons. The minimum atomic E-state index is -0.821. The predicted molar refractivity (Wildman–Crippen MR) is 116 cm³/mol. The molecule has 0 aromatic heterocycles. The monoisotopic (exact) mass is 453 g/mol. The number of amides is 3. The molecule has 0 bridgehead atoms. The Bertz CT molecular complexity index is 1150. The number of fused-ring (bicyclic) bond motifs is 1. The largest absolute Gasteiger partial charge is 0.282 e. The highest BCUT2D eigenvalue weighted by molar-refractivity contribution is 6.31. The molecule has 2 aromatic carbocycles. The van der Waals surface area contributed by atoms with E-state index in [4.69, 9.17) is 11.6 Å². The molecule has 2 aromatic rings. The van der Waals surface area contributed by atoms with Gasteiger partial charge in [0.2, 0.25) is 0 Å². The number of rotatable bonds is 5. The molecule has 0 N–H and O–H groups in total. The Hall–Kier alpha value is -3.52. The van der Waals surface area contributed by atoms with Crippen LogP contribution in [0.4, 0.5) is 5.69 Å². The first-order valence-corrected chi connectivity index (χ1v) is 10.5. The number of carbonyl (C=O) groups excluding carboxylic acids is 3. The van der Waals surface area contributed by atoms with Crippen LogP contribution in [0.5, 0.6) is 0 Å². The molecule has 1 aliphatic heterocycles. The number of imide groups is 1. The lowest BCUT2D eigenvalue weighted by atomic mass is 9.78. The van der Waals surface area contributed by atoms with E-state index in [1.54, 1.807) is 24.3 Å². The van der Waals surface area contributed by atoms with E-state index in [0.29, 0.717) is 17.0 Å². The van der Waals surface area contributed by atoms with Gasteiger partial charge in [0.15, 0.2) is 0 Å². The summed E-state index contributed by atoms with van der Waals surface area (Å²) in [5.41, 5.74) is -0.123. The minimum absolute atomic E-state index is 0.168. The molecule has 0 unspecified atom stereocenters. The summed E-state index contributed by atoms with van der Waals surface area (Å²) < 4.78 is 0. The third-order valence-electron chi connectivity index (χ3n) is 5.93. The molecule has 4 rings (SSSR count). The van der Waals surface area contributed by atoms with Crippen molar-refractivity contribution >= 4 is 35.0 Å². The van der Waals surface area contributed by atoms with Crippen LogP contribution in [0.2, 0.25) is 5.02 Å². The topological polar surface area (TPSA) is 101 Å². The van der Waals surface area contributed by atoms with E-state index < -0.39 is 40.2 Å². The van der Waals surface area contributed by atoms with Gasteiger partial charge < -0.3 is 0 Å². The van der Waals surface area contributed by atoms with Crippen LogP contribution >= 0.6 is 11.6 Å². The molecule has 0 saturated carbocycles. The molecule has 2 aliphatic rings. The highest BCUT2D eigenvalue weighted by atomic mass is 35.5. The second-order valence-electron chi connectivity index (χ2n) is 7.87. The van der Waals surface area contributed by atoms with Crippen molar-refractivity contribution < 1.29 is 19.3 Å². The van der Waals surface area contributed by atoms with E-state index in [2.05, 4.69) is 0 Å². The summed E-state index contributed by atoms with van der Waals surface area (Å²) in [4.78, 5) is 51.0. The van der Waals surface area contributed by atoms with Gasteiger partial charge in [0.25, 0.3) is 23.4 Å². The molecular formula is C23H20ClN3O5. The number of nitrogens with zero attached hydrogens (tertiary/aromatic N) is 3. The molecule has 0 radical (unpaired) electrons. The third kappa shape index (κ3) is 3.67. The van der Waals surface area contributed by atoms with Gasteiger partial charge >= 0.3 is 0 Å². The lowest BCUT2D eigenvalue weighted by Crippen LogP contribution is -2.50. The smallest absolute Gasteiger partial charge is 0.272 e. The van der Waals surface area contributed by atoms with E-state index in [9.17, 15) is 24.5 Å². The zero-order valence-electron chi connectivity index (χ0n) is 17.2. The maximum absolute atomic E-state index is 13.6. The maximum atomic E-state index is 13.6. The number of hydrazine groups is 1. The lowest BCUT2D eigenvalue weighted by molar-refractivity contribution is -0.385. The number of hydrogen-bond acceptors (Lipinski definition) is 5. The molecule has 1 aliphatic carbocycles. The van der Waals surface area contributed by atoms with Crippen LogP contribution in [-0.4, -0.2) is 32.7 Å². The van der Waals surface area contributed by atoms with E-state index in [-0.39, 0.29) is 18.0 Å². The Morgan fingerprint density at radius 1 is 1.16 bits per heavy atom. The first-order chi connectivity index (χ1) is 15.3. The first kappa shape index (κ1) is 21.7. The number of para-hydroxylation sites is 1. The molecule has 1 saturated heterocycles. The summed E-state index contributed by atoms with van der Waals surface area (Å²) in [5, 5.41) is 13.7. The Labute approximate surface area is 189 Å².